The number of morpholine rings is 1. The minimum atomic E-state index is -0.391. The summed E-state index contributed by atoms with van der Waals surface area (Å²) in [6, 6.07) is 0. The third-order valence-corrected chi connectivity index (χ3v) is 3.69. The molecule has 0 aromatic carbocycles. The molecule has 1 aliphatic heterocycles. The molecule has 1 atom stereocenters. The third kappa shape index (κ3) is 2.86. The van der Waals surface area contributed by atoms with Crippen molar-refractivity contribution in [3.05, 3.63) is 0 Å². The first kappa shape index (κ1) is 10.2. The van der Waals surface area contributed by atoms with Gasteiger partial charge in [-0.25, -0.2) is 0 Å². The van der Waals surface area contributed by atoms with E-state index in [-0.39, 0.29) is 0 Å². The number of hydrogen-bond acceptors (Lipinski definition) is 3. The molecule has 0 aliphatic carbocycles. The SMILES string of the molecule is CCCN1CCOCC1[SiH2]OC. The molecule has 4 heteroatoms. The summed E-state index contributed by atoms with van der Waals surface area (Å²) in [5.41, 5.74) is 0.615. The number of rotatable bonds is 4. The van der Waals surface area contributed by atoms with Gasteiger partial charge in [-0.3, -0.25) is 4.90 Å². The number of ether oxygens (including phenoxy) is 1. The fourth-order valence-corrected chi connectivity index (χ4v) is 2.84. The number of hydrogen-bond donors (Lipinski definition) is 0. The molecule has 1 unspecified atom stereocenters. The van der Waals surface area contributed by atoms with Crippen molar-refractivity contribution in [3.8, 4) is 0 Å². The molecule has 0 aromatic rings. The second kappa shape index (κ2) is 5.69. The van der Waals surface area contributed by atoms with Crippen molar-refractivity contribution in [3.63, 3.8) is 0 Å². The van der Waals surface area contributed by atoms with Crippen LogP contribution in [-0.4, -0.2) is 53.7 Å². The maximum Gasteiger partial charge on any atom is 0.180 e. The molecule has 0 aromatic heterocycles. The molecule has 0 amide bonds. The van der Waals surface area contributed by atoms with E-state index < -0.39 is 9.76 Å². The van der Waals surface area contributed by atoms with Gasteiger partial charge in [-0.15, -0.1) is 0 Å². The molecule has 0 saturated carbocycles. The van der Waals surface area contributed by atoms with Crippen LogP contribution in [0.25, 0.3) is 0 Å². The second-order valence-electron chi connectivity index (χ2n) is 3.22. The van der Waals surface area contributed by atoms with Crippen molar-refractivity contribution in [2.24, 2.45) is 0 Å². The highest BCUT2D eigenvalue weighted by Crippen LogP contribution is 2.06. The van der Waals surface area contributed by atoms with Crippen LogP contribution in [0.4, 0.5) is 0 Å². The summed E-state index contributed by atoms with van der Waals surface area (Å²) < 4.78 is 10.7. The van der Waals surface area contributed by atoms with Crippen LogP contribution in [0.5, 0.6) is 0 Å². The van der Waals surface area contributed by atoms with Crippen LogP contribution >= 0.6 is 0 Å². The summed E-state index contributed by atoms with van der Waals surface area (Å²) in [6.07, 6.45) is 1.23. The van der Waals surface area contributed by atoms with Gasteiger partial charge in [-0.05, 0) is 13.0 Å². The molecule has 1 aliphatic rings. The van der Waals surface area contributed by atoms with Crippen LogP contribution in [0.1, 0.15) is 13.3 Å². The Hall–Kier alpha value is 0.0969. The molecular weight excluding hydrogens is 170 g/mol. The van der Waals surface area contributed by atoms with Crippen LogP contribution in [-0.2, 0) is 9.16 Å². The largest absolute Gasteiger partial charge is 0.425 e. The fourth-order valence-electron chi connectivity index (χ4n) is 1.62. The van der Waals surface area contributed by atoms with E-state index in [4.69, 9.17) is 9.16 Å². The van der Waals surface area contributed by atoms with Gasteiger partial charge < -0.3 is 9.16 Å². The van der Waals surface area contributed by atoms with Crippen LogP contribution in [0.15, 0.2) is 0 Å². The van der Waals surface area contributed by atoms with Crippen LogP contribution in [0.3, 0.4) is 0 Å². The van der Waals surface area contributed by atoms with Gasteiger partial charge in [0.05, 0.1) is 13.2 Å². The van der Waals surface area contributed by atoms with E-state index >= 15 is 0 Å². The Bertz CT molecular complexity index is 106. The minimum Gasteiger partial charge on any atom is -0.425 e. The highest BCUT2D eigenvalue weighted by atomic mass is 28.2. The maximum absolute atomic E-state index is 5.42. The van der Waals surface area contributed by atoms with Crippen LogP contribution in [0, 0.1) is 0 Å². The summed E-state index contributed by atoms with van der Waals surface area (Å²) in [6.45, 7) is 6.30. The zero-order valence-electron chi connectivity index (χ0n) is 8.08. The summed E-state index contributed by atoms with van der Waals surface area (Å²) in [5.74, 6) is 0. The van der Waals surface area contributed by atoms with Crippen molar-refractivity contribution in [2.45, 2.75) is 19.0 Å². The third-order valence-electron chi connectivity index (χ3n) is 2.22. The highest BCUT2D eigenvalue weighted by molar-refractivity contribution is 6.29. The molecule has 0 radical (unpaired) electrons. The van der Waals surface area contributed by atoms with Crippen molar-refractivity contribution < 1.29 is 9.16 Å². The van der Waals surface area contributed by atoms with E-state index in [1.807, 2.05) is 7.11 Å². The molecule has 0 spiro atoms. The monoisotopic (exact) mass is 189 g/mol. The van der Waals surface area contributed by atoms with Crippen molar-refractivity contribution >= 4 is 9.76 Å². The fraction of sp³-hybridized carbons (Fsp3) is 1.00. The van der Waals surface area contributed by atoms with Crippen molar-refractivity contribution in [1.29, 1.82) is 0 Å². The zero-order valence-corrected chi connectivity index (χ0v) is 9.50. The Balaban J connectivity index is 2.31. The highest BCUT2D eigenvalue weighted by Gasteiger charge is 2.22. The minimum absolute atomic E-state index is 0.391. The molecule has 1 rings (SSSR count). The van der Waals surface area contributed by atoms with Gasteiger partial charge in [0.15, 0.2) is 9.76 Å². The maximum atomic E-state index is 5.42. The molecule has 3 nitrogen and oxygen atoms in total. The molecule has 12 heavy (non-hydrogen) atoms. The molecule has 0 bridgehead atoms. The Morgan fingerprint density at radius 1 is 1.67 bits per heavy atom. The van der Waals surface area contributed by atoms with E-state index in [0.717, 1.165) is 19.8 Å². The van der Waals surface area contributed by atoms with E-state index in [9.17, 15) is 0 Å². The Morgan fingerprint density at radius 3 is 3.17 bits per heavy atom. The molecule has 0 N–H and O–H groups in total. The predicted octanol–water partition coefficient (Wildman–Crippen LogP) is -0.215. The van der Waals surface area contributed by atoms with E-state index in [1.165, 1.54) is 13.0 Å². The van der Waals surface area contributed by atoms with Crippen molar-refractivity contribution in [2.75, 3.05) is 33.4 Å². The van der Waals surface area contributed by atoms with Gasteiger partial charge in [0.2, 0.25) is 0 Å². The predicted molar refractivity (Wildman–Crippen MR) is 52.0 cm³/mol. The van der Waals surface area contributed by atoms with Gasteiger partial charge in [0.1, 0.15) is 0 Å². The zero-order chi connectivity index (χ0) is 8.81. The van der Waals surface area contributed by atoms with Gasteiger partial charge in [0, 0.05) is 19.3 Å². The average Bonchev–Trinajstić information content (AvgIpc) is 2.09. The summed E-state index contributed by atoms with van der Waals surface area (Å²) in [5, 5.41) is 0. The van der Waals surface area contributed by atoms with Gasteiger partial charge in [-0.2, -0.15) is 0 Å². The quantitative estimate of drug-likeness (QED) is 0.571. The topological polar surface area (TPSA) is 21.7 Å². The molecule has 72 valence electrons. The molecule has 1 heterocycles. The second-order valence-corrected chi connectivity index (χ2v) is 5.07. The summed E-state index contributed by atoms with van der Waals surface area (Å²) in [4.78, 5) is 2.51. The van der Waals surface area contributed by atoms with Crippen LogP contribution < -0.4 is 0 Å². The first-order chi connectivity index (χ1) is 5.88. The van der Waals surface area contributed by atoms with Gasteiger partial charge >= 0.3 is 0 Å². The van der Waals surface area contributed by atoms with Crippen molar-refractivity contribution in [1.82, 2.24) is 4.90 Å². The normalized spacial score (nSPS) is 27.0. The first-order valence-electron chi connectivity index (χ1n) is 4.69. The first-order valence-corrected chi connectivity index (χ1v) is 6.08. The van der Waals surface area contributed by atoms with Gasteiger partial charge in [0.25, 0.3) is 0 Å². The molecule has 1 fully saturated rings. The summed E-state index contributed by atoms with van der Waals surface area (Å²) >= 11 is 0. The Morgan fingerprint density at radius 2 is 2.50 bits per heavy atom. The van der Waals surface area contributed by atoms with E-state index in [1.54, 1.807) is 0 Å². The van der Waals surface area contributed by atoms with E-state index in [2.05, 4.69) is 11.8 Å². The van der Waals surface area contributed by atoms with Crippen LogP contribution in [0.2, 0.25) is 0 Å². The van der Waals surface area contributed by atoms with E-state index in [0.29, 0.717) is 5.67 Å². The Labute approximate surface area is 77.0 Å². The lowest BCUT2D eigenvalue weighted by molar-refractivity contribution is 0.0168. The molecule has 1 saturated heterocycles. The smallest absolute Gasteiger partial charge is 0.180 e. The lowest BCUT2D eigenvalue weighted by Gasteiger charge is -2.34. The number of nitrogens with zero attached hydrogens (tertiary/aromatic N) is 1. The lowest BCUT2D eigenvalue weighted by Crippen LogP contribution is -2.49. The summed E-state index contributed by atoms with van der Waals surface area (Å²) in [7, 11) is 1.42. The average molecular weight is 189 g/mol. The molecular formula is C8H19NO2Si. The standard InChI is InChI=1S/C8H19NO2Si/c1-3-4-9-5-6-11-7-8(9)12-10-2/h8H,3-7,12H2,1-2H3. The van der Waals surface area contributed by atoms with Gasteiger partial charge in [-0.1, -0.05) is 6.92 Å². The lowest BCUT2D eigenvalue weighted by atomic mass is 10.3. The Kier molecular flexibility index (Phi) is 4.83.